The van der Waals surface area contributed by atoms with Crippen LogP contribution in [0.4, 0.5) is 13.2 Å². The fourth-order valence-electron chi connectivity index (χ4n) is 2.72. The Balaban J connectivity index is 0.00000341. The van der Waals surface area contributed by atoms with Gasteiger partial charge in [0, 0.05) is 18.5 Å². The Kier molecular flexibility index (Phi) is 9.29. The number of benzene rings is 1. The molecule has 3 rings (SSSR count). The summed E-state index contributed by atoms with van der Waals surface area (Å²) in [5.41, 5.74) is -0.191. The van der Waals surface area contributed by atoms with E-state index in [1.54, 1.807) is 17.4 Å². The van der Waals surface area contributed by atoms with Crippen molar-refractivity contribution in [2.75, 3.05) is 6.54 Å². The number of hydrogen-bond acceptors (Lipinski definition) is 4. The van der Waals surface area contributed by atoms with Crippen LogP contribution in [-0.2, 0) is 32.7 Å². The predicted octanol–water partition coefficient (Wildman–Crippen LogP) is 4.30. The van der Waals surface area contributed by atoms with Crippen LogP contribution in [0.3, 0.4) is 0 Å². The van der Waals surface area contributed by atoms with Gasteiger partial charge in [0.05, 0.1) is 18.7 Å². The Morgan fingerprint density at radius 1 is 1.16 bits per heavy atom. The molecule has 6 nitrogen and oxygen atoms in total. The fraction of sp³-hybridized carbons (Fsp3) is 0.350. The van der Waals surface area contributed by atoms with E-state index in [1.165, 1.54) is 10.9 Å². The van der Waals surface area contributed by atoms with Gasteiger partial charge >= 0.3 is 6.18 Å². The minimum Gasteiger partial charge on any atom is -0.356 e. The maximum absolute atomic E-state index is 12.9. The van der Waals surface area contributed by atoms with Gasteiger partial charge in [-0.25, -0.2) is 4.99 Å². The summed E-state index contributed by atoms with van der Waals surface area (Å²) >= 11 is 1.68. The van der Waals surface area contributed by atoms with Gasteiger partial charge in [-0.15, -0.1) is 45.5 Å². The Morgan fingerprint density at radius 3 is 2.61 bits per heavy atom. The molecular weight excluding hydrogens is 540 g/mol. The summed E-state index contributed by atoms with van der Waals surface area (Å²) < 4.78 is 40.7. The average molecular weight is 564 g/mol. The molecule has 168 valence electrons. The molecule has 31 heavy (non-hydrogen) atoms. The van der Waals surface area contributed by atoms with E-state index in [9.17, 15) is 13.2 Å². The van der Waals surface area contributed by atoms with E-state index >= 15 is 0 Å². The molecule has 2 N–H and O–H groups in total. The van der Waals surface area contributed by atoms with E-state index in [-0.39, 0.29) is 30.5 Å². The molecule has 2 aromatic heterocycles. The summed E-state index contributed by atoms with van der Waals surface area (Å²) in [6.07, 6.45) is -3.55. The van der Waals surface area contributed by atoms with Gasteiger partial charge in [-0.3, -0.25) is 0 Å². The predicted molar refractivity (Wildman–Crippen MR) is 127 cm³/mol. The maximum atomic E-state index is 12.9. The third kappa shape index (κ3) is 7.49. The molecule has 0 unspecified atom stereocenters. The van der Waals surface area contributed by atoms with Crippen molar-refractivity contribution in [3.8, 4) is 0 Å². The van der Waals surface area contributed by atoms with E-state index in [1.807, 2.05) is 30.0 Å². The highest BCUT2D eigenvalue weighted by Crippen LogP contribution is 2.29. The van der Waals surface area contributed by atoms with Crippen molar-refractivity contribution in [1.82, 2.24) is 25.4 Å². The number of rotatable bonds is 7. The lowest BCUT2D eigenvalue weighted by Crippen LogP contribution is -2.38. The summed E-state index contributed by atoms with van der Waals surface area (Å²) in [7, 11) is 1.87. The van der Waals surface area contributed by atoms with Crippen molar-refractivity contribution in [3.05, 3.63) is 69.4 Å². The first-order valence-corrected chi connectivity index (χ1v) is 10.3. The molecule has 1 aromatic carbocycles. The number of nitrogens with one attached hydrogen (secondary N) is 2. The third-order valence-corrected chi connectivity index (χ3v) is 5.45. The van der Waals surface area contributed by atoms with E-state index in [4.69, 9.17) is 0 Å². The lowest BCUT2D eigenvalue weighted by Gasteiger charge is -2.13. The first-order chi connectivity index (χ1) is 14.3. The molecule has 2 heterocycles. The second kappa shape index (κ2) is 11.5. The van der Waals surface area contributed by atoms with Crippen LogP contribution in [0.2, 0.25) is 0 Å². The molecule has 0 aliphatic rings. The second-order valence-corrected chi connectivity index (χ2v) is 7.73. The van der Waals surface area contributed by atoms with Crippen LogP contribution < -0.4 is 10.6 Å². The van der Waals surface area contributed by atoms with Crippen molar-refractivity contribution < 1.29 is 13.2 Å². The smallest absolute Gasteiger partial charge is 0.356 e. The highest BCUT2D eigenvalue weighted by Gasteiger charge is 2.30. The van der Waals surface area contributed by atoms with Crippen molar-refractivity contribution in [1.29, 1.82) is 0 Å². The number of guanidine groups is 1. The average Bonchev–Trinajstić information content (AvgIpc) is 3.34. The minimum atomic E-state index is -4.37. The molecule has 0 radical (unpaired) electrons. The van der Waals surface area contributed by atoms with E-state index in [2.05, 4.69) is 31.9 Å². The summed E-state index contributed by atoms with van der Waals surface area (Å²) in [5, 5.41) is 16.6. The first-order valence-electron chi connectivity index (χ1n) is 9.38. The zero-order valence-electron chi connectivity index (χ0n) is 17.1. The van der Waals surface area contributed by atoms with Crippen molar-refractivity contribution in [3.63, 3.8) is 0 Å². The molecule has 0 bridgehead atoms. The number of aromatic nitrogens is 3. The summed E-state index contributed by atoms with van der Waals surface area (Å²) in [4.78, 5) is 5.70. The van der Waals surface area contributed by atoms with Crippen LogP contribution in [0, 0.1) is 6.92 Å². The topological polar surface area (TPSA) is 67.1 Å². The van der Waals surface area contributed by atoms with Crippen molar-refractivity contribution >= 4 is 41.3 Å². The summed E-state index contributed by atoms with van der Waals surface area (Å²) in [6, 6.07) is 9.26. The number of halogens is 4. The second-order valence-electron chi connectivity index (χ2n) is 6.70. The standard InChI is InChI=1S/C20H23F3N6S.HI/c1-14-27-28-18(29(14)2)13-26-19(24-9-8-17-7-4-10-30-17)25-12-15-5-3-6-16(11-15)20(21,22)23;/h3-7,10-11H,8-9,12-13H2,1-2H3,(H2,24,25,26);1H. The third-order valence-electron chi connectivity index (χ3n) is 4.51. The van der Waals surface area contributed by atoms with Crippen molar-refractivity contribution in [2.45, 2.75) is 32.6 Å². The fourth-order valence-corrected chi connectivity index (χ4v) is 3.43. The van der Waals surface area contributed by atoms with E-state index in [0.29, 0.717) is 24.6 Å². The summed E-state index contributed by atoms with van der Waals surface area (Å²) in [5.74, 6) is 2.03. The molecule has 3 aromatic rings. The maximum Gasteiger partial charge on any atom is 0.416 e. The van der Waals surface area contributed by atoms with Gasteiger partial charge in [-0.05, 0) is 42.5 Å². The van der Waals surface area contributed by atoms with Gasteiger partial charge < -0.3 is 15.2 Å². The number of aliphatic imine (C=N–C) groups is 1. The number of hydrogen-bond donors (Lipinski definition) is 2. The van der Waals surface area contributed by atoms with E-state index in [0.717, 1.165) is 30.2 Å². The van der Waals surface area contributed by atoms with Gasteiger partial charge in [0.1, 0.15) is 5.82 Å². The Hall–Kier alpha value is -2.15. The quantitative estimate of drug-likeness (QED) is 0.255. The molecule has 11 heteroatoms. The zero-order valence-corrected chi connectivity index (χ0v) is 20.3. The molecule has 0 fully saturated rings. The first kappa shape index (κ1) is 25.1. The molecule has 0 atom stereocenters. The van der Waals surface area contributed by atoms with Gasteiger partial charge in [0.2, 0.25) is 0 Å². The highest BCUT2D eigenvalue weighted by atomic mass is 127. The number of nitrogens with zero attached hydrogens (tertiary/aromatic N) is 4. The normalized spacial score (nSPS) is 11.8. The molecule has 0 saturated heterocycles. The summed E-state index contributed by atoms with van der Waals surface area (Å²) in [6.45, 7) is 3.02. The van der Waals surface area contributed by atoms with Gasteiger partial charge in [-0.2, -0.15) is 13.2 Å². The zero-order chi connectivity index (χ0) is 21.6. The van der Waals surface area contributed by atoms with Crippen LogP contribution in [0.25, 0.3) is 0 Å². The SMILES string of the molecule is Cc1nnc(CNC(=NCc2cccc(C(F)(F)F)c2)NCCc2cccs2)n1C.I. The Labute approximate surface area is 200 Å². The van der Waals surface area contributed by atoms with Crippen LogP contribution in [-0.4, -0.2) is 27.3 Å². The number of thiophene rings is 1. The monoisotopic (exact) mass is 564 g/mol. The lowest BCUT2D eigenvalue weighted by atomic mass is 10.1. The highest BCUT2D eigenvalue weighted by molar-refractivity contribution is 14.0. The van der Waals surface area contributed by atoms with Crippen LogP contribution in [0.15, 0.2) is 46.8 Å². The van der Waals surface area contributed by atoms with Crippen LogP contribution >= 0.6 is 35.3 Å². The Morgan fingerprint density at radius 2 is 1.97 bits per heavy atom. The van der Waals surface area contributed by atoms with Gasteiger partial charge in [0.25, 0.3) is 0 Å². The molecule has 0 saturated carbocycles. The van der Waals surface area contributed by atoms with Crippen LogP contribution in [0.5, 0.6) is 0 Å². The van der Waals surface area contributed by atoms with Crippen LogP contribution in [0.1, 0.15) is 27.7 Å². The molecule has 0 spiro atoms. The number of aryl methyl sites for hydroxylation is 1. The van der Waals surface area contributed by atoms with Gasteiger partial charge in [0.15, 0.2) is 11.8 Å². The largest absolute Gasteiger partial charge is 0.416 e. The molecular formula is C20H24F3IN6S. The van der Waals surface area contributed by atoms with E-state index < -0.39 is 11.7 Å². The van der Waals surface area contributed by atoms with Gasteiger partial charge in [-0.1, -0.05) is 18.2 Å². The minimum absolute atomic E-state index is 0. The molecule has 0 amide bonds. The Bertz CT molecular complexity index is 985. The number of alkyl halides is 3. The molecule has 0 aliphatic heterocycles. The lowest BCUT2D eigenvalue weighted by molar-refractivity contribution is -0.137. The molecule has 0 aliphatic carbocycles. The van der Waals surface area contributed by atoms with Crippen molar-refractivity contribution in [2.24, 2.45) is 12.0 Å².